The van der Waals surface area contributed by atoms with Crippen LogP contribution in [0, 0.1) is 5.92 Å². The van der Waals surface area contributed by atoms with Crippen molar-refractivity contribution in [2.45, 2.75) is 31.6 Å². The van der Waals surface area contributed by atoms with Gasteiger partial charge >= 0.3 is 0 Å². The molecule has 110 valence electrons. The third-order valence-electron chi connectivity index (χ3n) is 3.92. The highest BCUT2D eigenvalue weighted by Crippen LogP contribution is 2.55. The second-order valence-corrected chi connectivity index (χ2v) is 7.49. The van der Waals surface area contributed by atoms with Gasteiger partial charge in [-0.1, -0.05) is 43.3 Å². The number of halogens is 2. The summed E-state index contributed by atoms with van der Waals surface area (Å²) < 4.78 is 0. The summed E-state index contributed by atoms with van der Waals surface area (Å²) in [5.41, 5.74) is 1.98. The standard InChI is InChI=1S/C15H18ClNOS.ClH/c1-10(2)9-17-7-3-6-15(17)13-5-4-11(16)8-12(13)14(18)19-15;/h4-5,8,10H,3,6-7,9H2,1-2H3;1H. The third kappa shape index (κ3) is 2.50. The topological polar surface area (TPSA) is 20.3 Å². The van der Waals surface area contributed by atoms with E-state index in [9.17, 15) is 4.79 Å². The summed E-state index contributed by atoms with van der Waals surface area (Å²) in [4.78, 5) is 14.7. The van der Waals surface area contributed by atoms with Crippen molar-refractivity contribution in [2.75, 3.05) is 13.1 Å². The highest BCUT2D eigenvalue weighted by molar-refractivity contribution is 8.15. The van der Waals surface area contributed by atoms with Gasteiger partial charge in [-0.2, -0.15) is 0 Å². The molecule has 0 N–H and O–H groups in total. The second kappa shape index (κ2) is 5.88. The van der Waals surface area contributed by atoms with Crippen LogP contribution >= 0.6 is 35.8 Å². The van der Waals surface area contributed by atoms with Crippen LogP contribution in [0.2, 0.25) is 5.02 Å². The van der Waals surface area contributed by atoms with E-state index in [1.165, 1.54) is 17.3 Å². The van der Waals surface area contributed by atoms with Crippen LogP contribution < -0.4 is 0 Å². The number of rotatable bonds is 2. The molecular formula is C15H19Cl2NOS. The van der Waals surface area contributed by atoms with Gasteiger partial charge in [0.1, 0.15) is 4.87 Å². The minimum Gasteiger partial charge on any atom is -0.285 e. The van der Waals surface area contributed by atoms with E-state index in [4.69, 9.17) is 11.6 Å². The lowest BCUT2D eigenvalue weighted by Crippen LogP contribution is -2.39. The van der Waals surface area contributed by atoms with Gasteiger partial charge < -0.3 is 0 Å². The van der Waals surface area contributed by atoms with E-state index >= 15 is 0 Å². The van der Waals surface area contributed by atoms with Gasteiger partial charge in [0.05, 0.1) is 0 Å². The van der Waals surface area contributed by atoms with Crippen LogP contribution in [0.25, 0.3) is 0 Å². The molecule has 20 heavy (non-hydrogen) atoms. The molecule has 1 fully saturated rings. The van der Waals surface area contributed by atoms with E-state index in [2.05, 4.69) is 18.7 Å². The summed E-state index contributed by atoms with van der Waals surface area (Å²) in [5.74, 6) is 0.613. The van der Waals surface area contributed by atoms with Crippen LogP contribution in [0.5, 0.6) is 0 Å². The molecule has 1 spiro atoms. The Morgan fingerprint density at radius 2 is 2.20 bits per heavy atom. The van der Waals surface area contributed by atoms with E-state index in [0.29, 0.717) is 10.9 Å². The molecule has 2 aliphatic heterocycles. The molecule has 2 heterocycles. The van der Waals surface area contributed by atoms with E-state index in [1.54, 1.807) is 0 Å². The average molecular weight is 332 g/mol. The second-order valence-electron chi connectivity index (χ2n) is 5.81. The first-order valence-electron chi connectivity index (χ1n) is 6.81. The molecular weight excluding hydrogens is 313 g/mol. The first-order valence-corrected chi connectivity index (χ1v) is 8.01. The van der Waals surface area contributed by atoms with Crippen LogP contribution in [-0.4, -0.2) is 23.1 Å². The predicted molar refractivity (Wildman–Crippen MR) is 87.9 cm³/mol. The van der Waals surface area contributed by atoms with Gasteiger partial charge in [-0.25, -0.2) is 0 Å². The maximum absolute atomic E-state index is 12.3. The third-order valence-corrected chi connectivity index (χ3v) is 5.58. The Bertz CT molecular complexity index is 535. The van der Waals surface area contributed by atoms with Crippen molar-refractivity contribution < 1.29 is 4.79 Å². The van der Waals surface area contributed by atoms with Gasteiger partial charge in [0.25, 0.3) is 0 Å². The van der Waals surface area contributed by atoms with Gasteiger partial charge in [0.2, 0.25) is 5.12 Å². The zero-order valence-electron chi connectivity index (χ0n) is 11.7. The number of hydrogen-bond donors (Lipinski definition) is 0. The normalized spacial score (nSPS) is 25.3. The maximum atomic E-state index is 12.3. The zero-order chi connectivity index (χ0) is 13.6. The molecule has 0 amide bonds. The van der Waals surface area contributed by atoms with Crippen molar-refractivity contribution in [3.63, 3.8) is 0 Å². The van der Waals surface area contributed by atoms with Crippen LogP contribution in [0.3, 0.4) is 0 Å². The van der Waals surface area contributed by atoms with Crippen molar-refractivity contribution in [3.8, 4) is 0 Å². The summed E-state index contributed by atoms with van der Waals surface area (Å²) in [5, 5.41) is 0.825. The molecule has 1 aromatic rings. The minimum absolute atomic E-state index is 0. The smallest absolute Gasteiger partial charge is 0.221 e. The van der Waals surface area contributed by atoms with Crippen molar-refractivity contribution >= 4 is 40.9 Å². The number of carbonyl (C=O) groups is 1. The Morgan fingerprint density at radius 1 is 1.45 bits per heavy atom. The first-order chi connectivity index (χ1) is 9.03. The largest absolute Gasteiger partial charge is 0.285 e. The number of thioether (sulfide) groups is 1. The van der Waals surface area contributed by atoms with Crippen molar-refractivity contribution in [3.05, 3.63) is 34.3 Å². The fourth-order valence-electron chi connectivity index (χ4n) is 3.24. The van der Waals surface area contributed by atoms with Crippen molar-refractivity contribution in [1.82, 2.24) is 4.90 Å². The van der Waals surface area contributed by atoms with Gasteiger partial charge in [0.15, 0.2) is 0 Å². The summed E-state index contributed by atoms with van der Waals surface area (Å²) in [6, 6.07) is 5.79. The highest BCUT2D eigenvalue weighted by Gasteiger charge is 2.51. The van der Waals surface area contributed by atoms with Crippen LogP contribution in [0.15, 0.2) is 18.2 Å². The van der Waals surface area contributed by atoms with E-state index in [1.807, 2.05) is 18.2 Å². The molecule has 3 rings (SSSR count). The zero-order valence-corrected chi connectivity index (χ0v) is 14.1. The van der Waals surface area contributed by atoms with Crippen LogP contribution in [-0.2, 0) is 4.87 Å². The lowest BCUT2D eigenvalue weighted by molar-refractivity contribution is 0.109. The summed E-state index contributed by atoms with van der Waals surface area (Å²) in [6.07, 6.45) is 2.22. The number of nitrogens with zero attached hydrogens (tertiary/aromatic N) is 1. The molecule has 0 saturated carbocycles. The number of carbonyl (C=O) groups excluding carboxylic acids is 1. The molecule has 1 aromatic carbocycles. The SMILES string of the molecule is CC(C)CN1CCCC12SC(=O)c1cc(Cl)ccc12.Cl. The maximum Gasteiger partial charge on any atom is 0.221 e. The van der Waals surface area contributed by atoms with E-state index < -0.39 is 0 Å². The van der Waals surface area contributed by atoms with Gasteiger partial charge in [-0.15, -0.1) is 12.4 Å². The fourth-order valence-corrected chi connectivity index (χ4v) is 4.82. The lowest BCUT2D eigenvalue weighted by atomic mass is 9.98. The highest BCUT2D eigenvalue weighted by atomic mass is 35.5. The quantitative estimate of drug-likeness (QED) is 0.792. The molecule has 0 bridgehead atoms. The first kappa shape index (κ1) is 16.2. The molecule has 1 unspecified atom stereocenters. The van der Waals surface area contributed by atoms with Crippen molar-refractivity contribution in [2.24, 2.45) is 5.92 Å². The van der Waals surface area contributed by atoms with Gasteiger partial charge in [-0.3, -0.25) is 9.69 Å². The lowest BCUT2D eigenvalue weighted by Gasteiger charge is -2.35. The molecule has 2 aliphatic rings. The Kier molecular flexibility index (Phi) is 4.75. The molecule has 1 saturated heterocycles. The summed E-state index contributed by atoms with van der Waals surface area (Å²) >= 11 is 7.52. The molecule has 0 aliphatic carbocycles. The predicted octanol–water partition coefficient (Wildman–Crippen LogP) is 4.55. The van der Waals surface area contributed by atoms with Crippen molar-refractivity contribution in [1.29, 1.82) is 0 Å². The average Bonchev–Trinajstić information content (AvgIpc) is 2.83. The number of benzene rings is 1. The van der Waals surface area contributed by atoms with Gasteiger partial charge in [0, 0.05) is 17.1 Å². The molecule has 2 nitrogen and oxygen atoms in total. The monoisotopic (exact) mass is 331 g/mol. The molecule has 0 aromatic heterocycles. The Hall–Kier alpha value is -0.220. The minimum atomic E-state index is -0.124. The van der Waals surface area contributed by atoms with E-state index in [-0.39, 0.29) is 22.4 Å². The van der Waals surface area contributed by atoms with E-state index in [0.717, 1.165) is 31.5 Å². The van der Waals surface area contributed by atoms with Gasteiger partial charge in [-0.05, 0) is 43.0 Å². The van der Waals surface area contributed by atoms with Crippen LogP contribution in [0.1, 0.15) is 42.6 Å². The molecule has 1 atom stereocenters. The summed E-state index contributed by atoms with van der Waals surface area (Å²) in [7, 11) is 0. The number of fused-ring (bicyclic) bond motifs is 2. The molecule has 0 radical (unpaired) electrons. The Labute approximate surface area is 135 Å². The fraction of sp³-hybridized carbons (Fsp3) is 0.533. The van der Waals surface area contributed by atoms with Crippen LogP contribution in [0.4, 0.5) is 0 Å². The molecule has 5 heteroatoms. The number of hydrogen-bond acceptors (Lipinski definition) is 3. The number of likely N-dealkylation sites (tertiary alicyclic amines) is 1. The summed E-state index contributed by atoms with van der Waals surface area (Å²) in [6.45, 7) is 6.59. The Morgan fingerprint density at radius 3 is 2.90 bits per heavy atom. The Balaban J connectivity index is 0.00000147.